The molecule has 1 aliphatic rings. The Labute approximate surface area is 140 Å². The summed E-state index contributed by atoms with van der Waals surface area (Å²) < 4.78 is 10.5. The molecule has 0 spiro atoms. The van der Waals surface area contributed by atoms with Crippen LogP contribution >= 0.6 is 24.0 Å². The van der Waals surface area contributed by atoms with Crippen LogP contribution in [0.15, 0.2) is 22.6 Å². The van der Waals surface area contributed by atoms with Gasteiger partial charge in [0, 0.05) is 35.1 Å². The SMILES string of the molecule is COC(=O)/C=C/c1oc2ccc(Cl)c3c2c1CN(C)CC3.Cl. The van der Waals surface area contributed by atoms with Gasteiger partial charge >= 0.3 is 5.97 Å². The lowest BCUT2D eigenvalue weighted by Gasteiger charge is -2.12. The number of benzene rings is 1. The van der Waals surface area contributed by atoms with E-state index in [-0.39, 0.29) is 12.4 Å². The molecule has 0 fully saturated rings. The van der Waals surface area contributed by atoms with Crippen molar-refractivity contribution in [3.63, 3.8) is 0 Å². The molecule has 0 aliphatic carbocycles. The summed E-state index contributed by atoms with van der Waals surface area (Å²) in [5.74, 6) is 0.288. The van der Waals surface area contributed by atoms with E-state index < -0.39 is 5.97 Å². The van der Waals surface area contributed by atoms with Crippen LogP contribution in [0.1, 0.15) is 16.9 Å². The molecule has 0 unspecified atom stereocenters. The molecule has 4 nitrogen and oxygen atoms in total. The summed E-state index contributed by atoms with van der Waals surface area (Å²) in [6.45, 7) is 1.70. The molecule has 0 radical (unpaired) electrons. The molecule has 118 valence electrons. The highest BCUT2D eigenvalue weighted by Crippen LogP contribution is 2.36. The van der Waals surface area contributed by atoms with Crippen molar-refractivity contribution in [1.82, 2.24) is 4.90 Å². The number of halogens is 2. The topological polar surface area (TPSA) is 42.7 Å². The normalized spacial score (nSPS) is 14.9. The maximum atomic E-state index is 11.3. The van der Waals surface area contributed by atoms with Crippen LogP contribution in [0.4, 0.5) is 0 Å². The van der Waals surface area contributed by atoms with Gasteiger partial charge in [0.2, 0.25) is 0 Å². The number of methoxy groups -OCH3 is 1. The van der Waals surface area contributed by atoms with Gasteiger partial charge in [-0.15, -0.1) is 12.4 Å². The number of esters is 1. The Morgan fingerprint density at radius 1 is 1.41 bits per heavy atom. The summed E-state index contributed by atoms with van der Waals surface area (Å²) in [4.78, 5) is 13.5. The van der Waals surface area contributed by atoms with Gasteiger partial charge in [0.15, 0.2) is 0 Å². The average Bonchev–Trinajstić information content (AvgIpc) is 2.70. The Morgan fingerprint density at radius 2 is 2.18 bits per heavy atom. The third-order valence-electron chi connectivity index (χ3n) is 3.78. The lowest BCUT2D eigenvalue weighted by Crippen LogP contribution is -2.18. The van der Waals surface area contributed by atoms with Crippen LogP contribution in [0.5, 0.6) is 0 Å². The number of ether oxygens (including phenoxy) is 1. The monoisotopic (exact) mass is 341 g/mol. The number of carbonyl (C=O) groups is 1. The van der Waals surface area contributed by atoms with E-state index in [1.165, 1.54) is 13.2 Å². The van der Waals surface area contributed by atoms with E-state index in [2.05, 4.69) is 16.7 Å². The van der Waals surface area contributed by atoms with E-state index in [0.29, 0.717) is 5.76 Å². The van der Waals surface area contributed by atoms with E-state index in [1.807, 2.05) is 12.1 Å². The Balaban J connectivity index is 0.00000176. The van der Waals surface area contributed by atoms with E-state index in [9.17, 15) is 4.79 Å². The third-order valence-corrected chi connectivity index (χ3v) is 4.13. The summed E-state index contributed by atoms with van der Waals surface area (Å²) in [5.41, 5.74) is 3.00. The molecule has 22 heavy (non-hydrogen) atoms. The van der Waals surface area contributed by atoms with Gasteiger partial charge in [0.05, 0.1) is 7.11 Å². The molecule has 1 aromatic carbocycles. The minimum atomic E-state index is -0.400. The van der Waals surface area contributed by atoms with Crippen LogP contribution < -0.4 is 0 Å². The number of hydrogen-bond acceptors (Lipinski definition) is 4. The van der Waals surface area contributed by atoms with Crippen LogP contribution in [-0.2, 0) is 22.5 Å². The van der Waals surface area contributed by atoms with Crippen molar-refractivity contribution in [1.29, 1.82) is 0 Å². The average molecular weight is 342 g/mol. The number of nitrogens with zero attached hydrogens (tertiary/aromatic N) is 1. The van der Waals surface area contributed by atoms with Crippen molar-refractivity contribution in [2.75, 3.05) is 20.7 Å². The lowest BCUT2D eigenvalue weighted by atomic mass is 10.0. The van der Waals surface area contributed by atoms with Crippen molar-refractivity contribution < 1.29 is 13.9 Å². The number of furan rings is 1. The smallest absolute Gasteiger partial charge is 0.330 e. The van der Waals surface area contributed by atoms with Crippen LogP contribution in [0.2, 0.25) is 5.02 Å². The minimum Gasteiger partial charge on any atom is -0.466 e. The quantitative estimate of drug-likeness (QED) is 0.617. The molecule has 6 heteroatoms. The molecular weight excluding hydrogens is 325 g/mol. The van der Waals surface area contributed by atoms with E-state index in [0.717, 1.165) is 46.6 Å². The molecule has 3 rings (SSSR count). The minimum absolute atomic E-state index is 0. The molecule has 0 saturated heterocycles. The highest BCUT2D eigenvalue weighted by atomic mass is 35.5. The number of hydrogen-bond donors (Lipinski definition) is 0. The van der Waals surface area contributed by atoms with Crippen LogP contribution in [0.25, 0.3) is 17.0 Å². The van der Waals surface area contributed by atoms with E-state index in [1.54, 1.807) is 6.08 Å². The third kappa shape index (κ3) is 3.00. The van der Waals surface area contributed by atoms with Crippen molar-refractivity contribution in [2.24, 2.45) is 0 Å². The number of carbonyl (C=O) groups excluding carboxylic acids is 1. The first-order valence-electron chi connectivity index (χ1n) is 6.77. The summed E-state index contributed by atoms with van der Waals surface area (Å²) in [5, 5.41) is 1.85. The first kappa shape index (κ1) is 16.9. The van der Waals surface area contributed by atoms with Gasteiger partial charge in [0.25, 0.3) is 0 Å². The predicted octanol–water partition coefficient (Wildman–Crippen LogP) is 3.68. The van der Waals surface area contributed by atoms with Crippen molar-refractivity contribution in [3.05, 3.63) is 40.1 Å². The van der Waals surface area contributed by atoms with Gasteiger partial charge in [-0.05, 0) is 37.2 Å². The molecule has 0 bridgehead atoms. The van der Waals surface area contributed by atoms with Gasteiger partial charge in [-0.25, -0.2) is 4.79 Å². The molecule has 0 amide bonds. The standard InChI is InChI=1S/C16H16ClNO3.ClH/c1-18-8-7-10-12(17)3-4-14-16(10)11(9-18)13(21-14)5-6-15(19)20-2;/h3-6H,7-9H2,1-2H3;1H/b6-5+;. The fraction of sp³-hybridized carbons (Fsp3) is 0.312. The Bertz CT molecular complexity index is 737. The molecule has 0 atom stereocenters. The van der Waals surface area contributed by atoms with E-state index >= 15 is 0 Å². The van der Waals surface area contributed by atoms with Crippen molar-refractivity contribution >= 4 is 47.0 Å². The fourth-order valence-electron chi connectivity index (χ4n) is 2.72. The van der Waals surface area contributed by atoms with Crippen LogP contribution in [0, 0.1) is 0 Å². The van der Waals surface area contributed by atoms with Crippen LogP contribution in [0.3, 0.4) is 0 Å². The zero-order chi connectivity index (χ0) is 15.0. The van der Waals surface area contributed by atoms with E-state index in [4.69, 9.17) is 16.0 Å². The number of rotatable bonds is 2. The second-order valence-corrected chi connectivity index (χ2v) is 5.60. The predicted molar refractivity (Wildman–Crippen MR) is 89.6 cm³/mol. The highest BCUT2D eigenvalue weighted by Gasteiger charge is 2.22. The van der Waals surface area contributed by atoms with Crippen LogP contribution in [-0.4, -0.2) is 31.6 Å². The zero-order valence-electron chi connectivity index (χ0n) is 12.4. The highest BCUT2D eigenvalue weighted by molar-refractivity contribution is 6.32. The number of likely N-dealkylation sites (N-methyl/N-ethyl adjacent to an activating group) is 1. The summed E-state index contributed by atoms with van der Waals surface area (Å²) >= 11 is 6.34. The fourth-order valence-corrected chi connectivity index (χ4v) is 2.97. The summed E-state index contributed by atoms with van der Waals surface area (Å²) in [7, 11) is 3.42. The molecule has 0 saturated carbocycles. The molecule has 1 aliphatic heterocycles. The van der Waals surface area contributed by atoms with Crippen molar-refractivity contribution in [2.45, 2.75) is 13.0 Å². The first-order valence-corrected chi connectivity index (χ1v) is 7.15. The Hall–Kier alpha value is -1.49. The molecule has 1 aromatic heterocycles. The zero-order valence-corrected chi connectivity index (χ0v) is 14.0. The molecule has 2 aromatic rings. The van der Waals surface area contributed by atoms with Gasteiger partial charge in [-0.3, -0.25) is 0 Å². The first-order chi connectivity index (χ1) is 10.1. The molecule has 0 N–H and O–H groups in total. The molecular formula is C16H17Cl2NO3. The Kier molecular flexibility index (Phi) is 5.16. The summed E-state index contributed by atoms with van der Waals surface area (Å²) in [6, 6.07) is 3.75. The lowest BCUT2D eigenvalue weighted by molar-refractivity contribution is -0.134. The second-order valence-electron chi connectivity index (χ2n) is 5.19. The summed E-state index contributed by atoms with van der Waals surface area (Å²) in [6.07, 6.45) is 3.93. The molecule has 2 heterocycles. The van der Waals surface area contributed by atoms with Gasteiger partial charge in [-0.2, -0.15) is 0 Å². The van der Waals surface area contributed by atoms with Gasteiger partial charge < -0.3 is 14.1 Å². The second kappa shape index (κ2) is 6.73. The van der Waals surface area contributed by atoms with Gasteiger partial charge in [-0.1, -0.05) is 11.6 Å². The maximum absolute atomic E-state index is 11.3. The largest absolute Gasteiger partial charge is 0.466 e. The maximum Gasteiger partial charge on any atom is 0.330 e. The van der Waals surface area contributed by atoms with Crippen molar-refractivity contribution in [3.8, 4) is 0 Å². The Morgan fingerprint density at radius 3 is 2.91 bits per heavy atom. The van der Waals surface area contributed by atoms with Gasteiger partial charge in [0.1, 0.15) is 11.3 Å².